The van der Waals surface area contributed by atoms with Crippen LogP contribution in [0.25, 0.3) is 0 Å². The highest BCUT2D eigenvalue weighted by molar-refractivity contribution is 6.42. The lowest BCUT2D eigenvalue weighted by Crippen LogP contribution is -2.39. The summed E-state index contributed by atoms with van der Waals surface area (Å²) in [6, 6.07) is 8.87. The first-order valence-corrected chi connectivity index (χ1v) is 9.47. The number of amides is 1. The van der Waals surface area contributed by atoms with E-state index in [-0.39, 0.29) is 5.91 Å². The second-order valence-corrected chi connectivity index (χ2v) is 6.90. The summed E-state index contributed by atoms with van der Waals surface area (Å²) in [6.07, 6.45) is 1.03. The molecule has 1 atom stereocenters. The van der Waals surface area contributed by atoms with E-state index in [1.807, 2.05) is 12.1 Å². The molecule has 0 bridgehead atoms. The van der Waals surface area contributed by atoms with Crippen LogP contribution in [0.1, 0.15) is 12.5 Å². The summed E-state index contributed by atoms with van der Waals surface area (Å²) in [5.41, 5.74) is 0.945. The molecular formula is C19H21Cl2N3O3. The number of anilines is 1. The van der Waals surface area contributed by atoms with E-state index in [9.17, 15) is 4.79 Å². The molecule has 1 aromatic heterocycles. The van der Waals surface area contributed by atoms with Gasteiger partial charge < -0.3 is 19.7 Å². The van der Waals surface area contributed by atoms with Crippen LogP contribution in [0.2, 0.25) is 10.0 Å². The molecular weight excluding hydrogens is 389 g/mol. The van der Waals surface area contributed by atoms with Gasteiger partial charge in [0.15, 0.2) is 6.10 Å². The Balaban J connectivity index is 1.61. The van der Waals surface area contributed by atoms with E-state index in [0.29, 0.717) is 35.6 Å². The van der Waals surface area contributed by atoms with Crippen molar-refractivity contribution in [3.63, 3.8) is 0 Å². The van der Waals surface area contributed by atoms with Gasteiger partial charge in [0.25, 0.3) is 5.91 Å². The Morgan fingerprint density at radius 2 is 2.07 bits per heavy atom. The first-order valence-electron chi connectivity index (χ1n) is 8.71. The van der Waals surface area contributed by atoms with Crippen molar-refractivity contribution < 1.29 is 14.3 Å². The lowest BCUT2D eigenvalue weighted by molar-refractivity contribution is -0.127. The number of rotatable bonds is 6. The Kier molecular flexibility index (Phi) is 6.77. The maximum Gasteiger partial charge on any atom is 0.261 e. The number of aromatic nitrogens is 1. The summed E-state index contributed by atoms with van der Waals surface area (Å²) in [6.45, 7) is 4.94. The fourth-order valence-corrected chi connectivity index (χ4v) is 3.11. The zero-order chi connectivity index (χ0) is 19.2. The summed E-state index contributed by atoms with van der Waals surface area (Å²) in [4.78, 5) is 19.1. The number of nitrogens with zero attached hydrogens (tertiary/aromatic N) is 2. The largest absolute Gasteiger partial charge is 0.479 e. The van der Waals surface area contributed by atoms with Crippen LogP contribution in [-0.4, -0.2) is 43.3 Å². The molecule has 1 amide bonds. The number of halogens is 2. The van der Waals surface area contributed by atoms with Gasteiger partial charge in [-0.2, -0.15) is 0 Å². The SMILES string of the molecule is C[C@H](Oc1cccc(Cl)c1Cl)C(=O)NCc1cccnc1N1CCOCC1. The average Bonchev–Trinajstić information content (AvgIpc) is 2.70. The number of nitrogens with one attached hydrogen (secondary N) is 1. The number of morpholine rings is 1. The highest BCUT2D eigenvalue weighted by Gasteiger charge is 2.19. The summed E-state index contributed by atoms with van der Waals surface area (Å²) >= 11 is 12.1. The Bertz CT molecular complexity index is 798. The predicted molar refractivity (Wildman–Crippen MR) is 106 cm³/mol. The highest BCUT2D eigenvalue weighted by Crippen LogP contribution is 2.32. The minimum Gasteiger partial charge on any atom is -0.479 e. The van der Waals surface area contributed by atoms with Gasteiger partial charge in [0.05, 0.1) is 18.2 Å². The van der Waals surface area contributed by atoms with Crippen LogP contribution in [0.5, 0.6) is 5.75 Å². The van der Waals surface area contributed by atoms with Crippen LogP contribution in [0.15, 0.2) is 36.5 Å². The predicted octanol–water partition coefficient (Wildman–Crippen LogP) is 3.31. The maximum atomic E-state index is 12.4. The number of carbonyl (C=O) groups is 1. The summed E-state index contributed by atoms with van der Waals surface area (Å²) in [5.74, 6) is 0.998. The standard InChI is InChI=1S/C19H21Cl2N3O3/c1-13(27-16-6-2-5-15(20)17(16)21)19(25)23-12-14-4-3-7-22-18(14)24-8-10-26-11-9-24/h2-7,13H,8-12H2,1H3,(H,23,25)/t13-/m0/s1. The topological polar surface area (TPSA) is 63.7 Å². The van der Waals surface area contributed by atoms with Gasteiger partial charge >= 0.3 is 0 Å². The fourth-order valence-electron chi connectivity index (χ4n) is 2.77. The van der Waals surface area contributed by atoms with Crippen LogP contribution in [-0.2, 0) is 16.1 Å². The number of ether oxygens (including phenoxy) is 2. The van der Waals surface area contributed by atoms with E-state index in [0.717, 1.165) is 24.5 Å². The van der Waals surface area contributed by atoms with Crippen molar-refractivity contribution in [2.45, 2.75) is 19.6 Å². The molecule has 1 aliphatic rings. The van der Waals surface area contributed by atoms with Crippen LogP contribution in [0.3, 0.4) is 0 Å². The molecule has 1 N–H and O–H groups in total. The van der Waals surface area contributed by atoms with Gasteiger partial charge in [0, 0.05) is 31.4 Å². The molecule has 27 heavy (non-hydrogen) atoms. The van der Waals surface area contributed by atoms with Gasteiger partial charge in [-0.05, 0) is 25.1 Å². The molecule has 2 aromatic rings. The van der Waals surface area contributed by atoms with Gasteiger partial charge in [0.2, 0.25) is 0 Å². The Labute approximate surface area is 168 Å². The number of pyridine rings is 1. The van der Waals surface area contributed by atoms with Crippen molar-refractivity contribution in [3.8, 4) is 5.75 Å². The number of hydrogen-bond donors (Lipinski definition) is 1. The number of carbonyl (C=O) groups excluding carboxylic acids is 1. The third-order valence-electron chi connectivity index (χ3n) is 4.22. The van der Waals surface area contributed by atoms with Crippen molar-refractivity contribution in [2.75, 3.05) is 31.2 Å². The molecule has 144 valence electrons. The van der Waals surface area contributed by atoms with Crippen molar-refractivity contribution in [3.05, 3.63) is 52.1 Å². The van der Waals surface area contributed by atoms with Gasteiger partial charge in [-0.15, -0.1) is 0 Å². The number of hydrogen-bond acceptors (Lipinski definition) is 5. The Hall–Kier alpha value is -2.02. The second-order valence-electron chi connectivity index (χ2n) is 6.12. The second kappa shape index (κ2) is 9.26. The Morgan fingerprint density at radius 1 is 1.30 bits per heavy atom. The lowest BCUT2D eigenvalue weighted by atomic mass is 10.2. The van der Waals surface area contributed by atoms with Crippen LogP contribution in [0.4, 0.5) is 5.82 Å². The third-order valence-corrected chi connectivity index (χ3v) is 5.02. The van der Waals surface area contributed by atoms with E-state index < -0.39 is 6.10 Å². The van der Waals surface area contributed by atoms with Gasteiger partial charge in [-0.25, -0.2) is 4.98 Å². The highest BCUT2D eigenvalue weighted by atomic mass is 35.5. The van der Waals surface area contributed by atoms with Gasteiger partial charge in [0.1, 0.15) is 16.6 Å². The molecule has 1 saturated heterocycles. The summed E-state index contributed by atoms with van der Waals surface area (Å²) in [5, 5.41) is 3.57. The lowest BCUT2D eigenvalue weighted by Gasteiger charge is -2.29. The Morgan fingerprint density at radius 3 is 2.85 bits per heavy atom. The first kappa shape index (κ1) is 19.7. The molecule has 0 radical (unpaired) electrons. The van der Waals surface area contributed by atoms with Crippen molar-refractivity contribution in [2.24, 2.45) is 0 Å². The summed E-state index contributed by atoms with van der Waals surface area (Å²) < 4.78 is 11.0. The van der Waals surface area contributed by atoms with E-state index >= 15 is 0 Å². The van der Waals surface area contributed by atoms with Gasteiger partial charge in [-0.1, -0.05) is 35.3 Å². The van der Waals surface area contributed by atoms with E-state index in [1.165, 1.54) is 0 Å². The van der Waals surface area contributed by atoms with E-state index in [1.54, 1.807) is 31.3 Å². The molecule has 6 nitrogen and oxygen atoms in total. The zero-order valence-electron chi connectivity index (χ0n) is 15.0. The first-order chi connectivity index (χ1) is 13.1. The summed E-state index contributed by atoms with van der Waals surface area (Å²) in [7, 11) is 0. The minimum atomic E-state index is -0.718. The van der Waals surface area contributed by atoms with Crippen molar-refractivity contribution >= 4 is 34.9 Å². The normalized spacial score (nSPS) is 15.3. The molecule has 8 heteroatoms. The molecule has 0 saturated carbocycles. The van der Waals surface area contributed by atoms with Gasteiger partial charge in [-0.3, -0.25) is 4.79 Å². The molecule has 2 heterocycles. The third kappa shape index (κ3) is 5.03. The van der Waals surface area contributed by atoms with Crippen LogP contribution in [0, 0.1) is 0 Å². The average molecular weight is 410 g/mol. The molecule has 1 fully saturated rings. The van der Waals surface area contributed by atoms with Crippen molar-refractivity contribution in [1.82, 2.24) is 10.3 Å². The number of benzene rings is 1. The smallest absolute Gasteiger partial charge is 0.261 e. The van der Waals surface area contributed by atoms with Crippen molar-refractivity contribution in [1.29, 1.82) is 0 Å². The molecule has 1 aliphatic heterocycles. The van der Waals surface area contributed by atoms with Crippen LogP contribution >= 0.6 is 23.2 Å². The van der Waals surface area contributed by atoms with E-state index in [2.05, 4.69) is 15.2 Å². The zero-order valence-corrected chi connectivity index (χ0v) is 16.5. The fraction of sp³-hybridized carbons (Fsp3) is 0.368. The van der Waals surface area contributed by atoms with E-state index in [4.69, 9.17) is 32.7 Å². The van der Waals surface area contributed by atoms with Crippen LogP contribution < -0.4 is 15.0 Å². The molecule has 0 spiro atoms. The maximum absolute atomic E-state index is 12.4. The minimum absolute atomic E-state index is 0.247. The molecule has 0 aliphatic carbocycles. The quantitative estimate of drug-likeness (QED) is 0.792. The monoisotopic (exact) mass is 409 g/mol. The molecule has 3 rings (SSSR count). The molecule has 0 unspecified atom stereocenters. The molecule has 1 aromatic carbocycles.